The van der Waals surface area contributed by atoms with E-state index in [0.717, 1.165) is 12.2 Å². The minimum atomic E-state index is -0.107. The van der Waals surface area contributed by atoms with Crippen LogP contribution in [-0.4, -0.2) is 42.0 Å². The van der Waals surface area contributed by atoms with Gasteiger partial charge in [-0.1, -0.05) is 0 Å². The molecule has 0 aliphatic carbocycles. The van der Waals surface area contributed by atoms with Gasteiger partial charge in [0.1, 0.15) is 5.82 Å². The number of aryl methyl sites for hydroxylation is 1. The molecular weight excluding hydrogens is 228 g/mol. The Labute approximate surface area is 108 Å². The third-order valence-corrected chi connectivity index (χ3v) is 2.87. The van der Waals surface area contributed by atoms with E-state index in [9.17, 15) is 4.79 Å². The van der Waals surface area contributed by atoms with Crippen molar-refractivity contribution < 1.29 is 4.79 Å². The Hall–Kier alpha value is -1.62. The molecule has 1 heterocycles. The third-order valence-electron chi connectivity index (χ3n) is 2.87. The van der Waals surface area contributed by atoms with Crippen molar-refractivity contribution in [3.63, 3.8) is 0 Å². The fourth-order valence-corrected chi connectivity index (χ4v) is 1.53. The van der Waals surface area contributed by atoms with Crippen LogP contribution in [-0.2, 0) is 0 Å². The molecule has 1 rings (SSSR count). The van der Waals surface area contributed by atoms with E-state index in [4.69, 9.17) is 5.73 Å². The monoisotopic (exact) mass is 250 g/mol. The van der Waals surface area contributed by atoms with E-state index in [1.165, 1.54) is 0 Å². The van der Waals surface area contributed by atoms with E-state index < -0.39 is 0 Å². The summed E-state index contributed by atoms with van der Waals surface area (Å²) in [6.07, 6.45) is 0. The lowest BCUT2D eigenvalue weighted by Crippen LogP contribution is -2.36. The van der Waals surface area contributed by atoms with Crippen LogP contribution in [0.15, 0.2) is 12.1 Å². The summed E-state index contributed by atoms with van der Waals surface area (Å²) in [6.45, 7) is 7.50. The SMILES string of the molecule is Cc1cc(C(=O)NCCN(C)C(C)C)cc(N)n1. The number of nitrogens with one attached hydrogen (secondary N) is 1. The van der Waals surface area contributed by atoms with Crippen LogP contribution in [0.5, 0.6) is 0 Å². The maximum Gasteiger partial charge on any atom is 0.251 e. The summed E-state index contributed by atoms with van der Waals surface area (Å²) < 4.78 is 0. The molecule has 18 heavy (non-hydrogen) atoms. The number of hydrogen-bond donors (Lipinski definition) is 2. The zero-order valence-electron chi connectivity index (χ0n) is 11.5. The van der Waals surface area contributed by atoms with Crippen LogP contribution in [0.3, 0.4) is 0 Å². The minimum absolute atomic E-state index is 0.107. The van der Waals surface area contributed by atoms with Crippen molar-refractivity contribution in [2.45, 2.75) is 26.8 Å². The maximum absolute atomic E-state index is 11.9. The molecule has 0 unspecified atom stereocenters. The van der Waals surface area contributed by atoms with Crippen LogP contribution < -0.4 is 11.1 Å². The van der Waals surface area contributed by atoms with E-state index in [1.807, 2.05) is 14.0 Å². The normalized spacial score (nSPS) is 11.0. The smallest absolute Gasteiger partial charge is 0.251 e. The molecule has 5 nitrogen and oxygen atoms in total. The maximum atomic E-state index is 11.9. The van der Waals surface area contributed by atoms with Crippen LogP contribution in [0.25, 0.3) is 0 Å². The van der Waals surface area contributed by atoms with Gasteiger partial charge in [-0.05, 0) is 40.0 Å². The highest BCUT2D eigenvalue weighted by atomic mass is 16.1. The summed E-state index contributed by atoms with van der Waals surface area (Å²) in [4.78, 5) is 18.1. The van der Waals surface area contributed by atoms with Gasteiger partial charge in [0, 0.05) is 30.4 Å². The number of likely N-dealkylation sites (N-methyl/N-ethyl adjacent to an activating group) is 1. The number of rotatable bonds is 5. The molecule has 0 saturated carbocycles. The number of carbonyl (C=O) groups is 1. The van der Waals surface area contributed by atoms with E-state index in [-0.39, 0.29) is 5.91 Å². The van der Waals surface area contributed by atoms with Crippen LogP contribution in [0.1, 0.15) is 29.9 Å². The summed E-state index contributed by atoms with van der Waals surface area (Å²) in [7, 11) is 2.03. The number of pyridine rings is 1. The molecule has 1 amide bonds. The molecule has 3 N–H and O–H groups in total. The number of aromatic nitrogens is 1. The number of nitrogens with two attached hydrogens (primary N) is 1. The van der Waals surface area contributed by atoms with Gasteiger partial charge in [-0.25, -0.2) is 4.98 Å². The Morgan fingerprint density at radius 2 is 2.17 bits per heavy atom. The zero-order chi connectivity index (χ0) is 13.7. The average molecular weight is 250 g/mol. The highest BCUT2D eigenvalue weighted by Gasteiger charge is 2.08. The quantitative estimate of drug-likeness (QED) is 0.819. The fourth-order valence-electron chi connectivity index (χ4n) is 1.53. The number of amides is 1. The summed E-state index contributed by atoms with van der Waals surface area (Å²) >= 11 is 0. The third kappa shape index (κ3) is 4.33. The van der Waals surface area contributed by atoms with E-state index >= 15 is 0 Å². The van der Waals surface area contributed by atoms with E-state index in [1.54, 1.807) is 12.1 Å². The fraction of sp³-hybridized carbons (Fsp3) is 0.538. The lowest BCUT2D eigenvalue weighted by molar-refractivity contribution is 0.0948. The number of hydrogen-bond acceptors (Lipinski definition) is 4. The molecule has 0 aliphatic rings. The van der Waals surface area contributed by atoms with Gasteiger partial charge < -0.3 is 16.0 Å². The molecule has 0 atom stereocenters. The Morgan fingerprint density at radius 3 is 2.72 bits per heavy atom. The summed E-state index contributed by atoms with van der Waals surface area (Å²) in [6, 6.07) is 3.80. The largest absolute Gasteiger partial charge is 0.384 e. The molecular formula is C13H22N4O. The summed E-state index contributed by atoms with van der Waals surface area (Å²) in [5.41, 5.74) is 6.93. The zero-order valence-corrected chi connectivity index (χ0v) is 11.5. The average Bonchev–Trinajstić information content (AvgIpc) is 2.27. The predicted octanol–water partition coefficient (Wildman–Crippen LogP) is 1.04. The van der Waals surface area contributed by atoms with Crippen LogP contribution >= 0.6 is 0 Å². The molecule has 1 aromatic rings. The molecule has 100 valence electrons. The van der Waals surface area contributed by atoms with Crippen molar-refractivity contribution in [3.05, 3.63) is 23.4 Å². The molecule has 5 heteroatoms. The minimum Gasteiger partial charge on any atom is -0.384 e. The second-order valence-electron chi connectivity index (χ2n) is 4.75. The summed E-state index contributed by atoms with van der Waals surface area (Å²) in [5.74, 6) is 0.267. The second kappa shape index (κ2) is 6.35. The first kappa shape index (κ1) is 14.4. The van der Waals surface area contributed by atoms with Gasteiger partial charge in [-0.3, -0.25) is 4.79 Å². The predicted molar refractivity (Wildman–Crippen MR) is 73.5 cm³/mol. The van der Waals surface area contributed by atoms with Crippen molar-refractivity contribution in [2.75, 3.05) is 25.9 Å². The number of anilines is 1. The van der Waals surface area contributed by atoms with Crippen LogP contribution in [0, 0.1) is 6.92 Å². The lowest BCUT2D eigenvalue weighted by Gasteiger charge is -2.20. The topological polar surface area (TPSA) is 71.2 Å². The Bertz CT molecular complexity index is 397. The van der Waals surface area contributed by atoms with Gasteiger partial charge in [0.25, 0.3) is 5.91 Å². The second-order valence-corrected chi connectivity index (χ2v) is 4.75. The van der Waals surface area contributed by atoms with E-state index in [2.05, 4.69) is 29.0 Å². The Kier molecular flexibility index (Phi) is 5.09. The van der Waals surface area contributed by atoms with E-state index in [0.29, 0.717) is 24.0 Å². The standard InChI is InChI=1S/C13H22N4O/c1-9(2)17(4)6-5-15-13(18)11-7-10(3)16-12(14)8-11/h7-9H,5-6H2,1-4H3,(H2,14,16)(H,15,18). The number of carbonyl (C=O) groups excluding carboxylic acids is 1. The van der Waals surface area contributed by atoms with Gasteiger partial charge in [-0.2, -0.15) is 0 Å². The highest BCUT2D eigenvalue weighted by Crippen LogP contribution is 2.06. The van der Waals surface area contributed by atoms with Gasteiger partial charge >= 0.3 is 0 Å². The number of nitrogen functional groups attached to an aromatic ring is 1. The Morgan fingerprint density at radius 1 is 1.50 bits per heavy atom. The molecule has 0 aromatic carbocycles. The first-order chi connectivity index (χ1) is 8.40. The van der Waals surface area contributed by atoms with Gasteiger partial charge in [0.15, 0.2) is 0 Å². The first-order valence-electron chi connectivity index (χ1n) is 6.12. The highest BCUT2D eigenvalue weighted by molar-refractivity contribution is 5.94. The number of nitrogens with zero attached hydrogens (tertiary/aromatic N) is 2. The van der Waals surface area contributed by atoms with Crippen LogP contribution in [0.2, 0.25) is 0 Å². The van der Waals surface area contributed by atoms with Crippen molar-refractivity contribution in [1.82, 2.24) is 15.2 Å². The van der Waals surface area contributed by atoms with Gasteiger partial charge in [-0.15, -0.1) is 0 Å². The van der Waals surface area contributed by atoms with Gasteiger partial charge in [0.05, 0.1) is 0 Å². The first-order valence-corrected chi connectivity index (χ1v) is 6.12. The lowest BCUT2D eigenvalue weighted by atomic mass is 10.2. The molecule has 1 aromatic heterocycles. The van der Waals surface area contributed by atoms with Gasteiger partial charge in [0.2, 0.25) is 0 Å². The molecule has 0 fully saturated rings. The van der Waals surface area contributed by atoms with Crippen LogP contribution in [0.4, 0.5) is 5.82 Å². The molecule has 0 aliphatic heterocycles. The van der Waals surface area contributed by atoms with Crippen molar-refractivity contribution in [3.8, 4) is 0 Å². The van der Waals surface area contributed by atoms with Crippen molar-refractivity contribution in [1.29, 1.82) is 0 Å². The molecule has 0 saturated heterocycles. The molecule has 0 bridgehead atoms. The summed E-state index contributed by atoms with van der Waals surface area (Å²) in [5, 5.41) is 2.88. The molecule has 0 spiro atoms. The Balaban J connectivity index is 2.50. The molecule has 0 radical (unpaired) electrons. The van der Waals surface area contributed by atoms with Crippen molar-refractivity contribution >= 4 is 11.7 Å². The van der Waals surface area contributed by atoms with Crippen molar-refractivity contribution in [2.24, 2.45) is 0 Å².